The normalized spacial score (nSPS) is 12.9. The van der Waals surface area contributed by atoms with Crippen LogP contribution in [0.3, 0.4) is 0 Å². The number of hydrogen-bond donors (Lipinski definition) is 0. The van der Waals surface area contributed by atoms with Crippen molar-refractivity contribution in [2.75, 3.05) is 0 Å². The Morgan fingerprint density at radius 2 is 1.06 bits per heavy atom. The van der Waals surface area contributed by atoms with Crippen molar-refractivity contribution in [2.24, 2.45) is 0 Å². The van der Waals surface area contributed by atoms with E-state index in [9.17, 15) is 5.53 Å². The summed E-state index contributed by atoms with van der Waals surface area (Å²) in [4.78, 5) is 0. The lowest BCUT2D eigenvalue weighted by molar-refractivity contribution is -0.345. The highest BCUT2D eigenvalue weighted by molar-refractivity contribution is 5.83. The topological polar surface area (TPSA) is 25.3 Å². The van der Waals surface area contributed by atoms with Gasteiger partial charge in [-0.2, -0.15) is 0 Å². The SMILES string of the molecule is CC#CCCc1ccccc1C1=C(CCCC)C(CCCC)=C(c2ccccc2CCC#CC)[N+]1=[N-]. The molecule has 1 heterocycles. The molecule has 0 fully saturated rings. The Balaban J connectivity index is 2.19. The first-order valence-corrected chi connectivity index (χ1v) is 13.6. The van der Waals surface area contributed by atoms with Gasteiger partial charge in [-0.1, -0.05) is 63.1 Å². The van der Waals surface area contributed by atoms with Crippen LogP contribution in [0, 0.1) is 23.7 Å². The number of nitrogens with zero attached hydrogens (tertiary/aromatic N) is 2. The summed E-state index contributed by atoms with van der Waals surface area (Å²) in [7, 11) is 0. The van der Waals surface area contributed by atoms with E-state index < -0.39 is 0 Å². The average molecular weight is 477 g/mol. The van der Waals surface area contributed by atoms with Crippen LogP contribution in [0.2, 0.25) is 0 Å². The molecule has 0 aromatic heterocycles. The summed E-state index contributed by atoms with van der Waals surface area (Å²) in [6, 6.07) is 17.1. The van der Waals surface area contributed by atoms with Crippen molar-refractivity contribution in [3.63, 3.8) is 0 Å². The molecule has 1 aliphatic heterocycles. The third-order valence-corrected chi connectivity index (χ3v) is 6.86. The minimum Gasteiger partial charge on any atom is -0.493 e. The van der Waals surface area contributed by atoms with Gasteiger partial charge >= 0.3 is 0 Å². The van der Waals surface area contributed by atoms with Crippen LogP contribution < -0.4 is 0 Å². The van der Waals surface area contributed by atoms with E-state index in [0.717, 1.165) is 86.7 Å². The zero-order valence-electron chi connectivity index (χ0n) is 22.6. The third kappa shape index (κ3) is 6.44. The van der Waals surface area contributed by atoms with Gasteiger partial charge < -0.3 is 5.53 Å². The van der Waals surface area contributed by atoms with E-state index in [-0.39, 0.29) is 0 Å². The maximum absolute atomic E-state index is 11.9. The molecular weight excluding hydrogens is 436 g/mol. The van der Waals surface area contributed by atoms with Gasteiger partial charge in [-0.25, -0.2) is 4.70 Å². The number of benzene rings is 2. The number of aryl methyl sites for hydroxylation is 2. The molecule has 2 aromatic rings. The number of hydrogen-bond acceptors (Lipinski definition) is 0. The van der Waals surface area contributed by atoms with Gasteiger partial charge in [0.15, 0.2) is 0 Å². The Labute approximate surface area is 219 Å². The predicted octanol–water partition coefficient (Wildman–Crippen LogP) is 9.15. The highest BCUT2D eigenvalue weighted by atomic mass is 15.2. The molecule has 0 amide bonds. The highest BCUT2D eigenvalue weighted by Gasteiger charge is 2.36. The molecule has 36 heavy (non-hydrogen) atoms. The van der Waals surface area contributed by atoms with Gasteiger partial charge in [0.2, 0.25) is 11.4 Å². The summed E-state index contributed by atoms with van der Waals surface area (Å²) < 4.78 is 1.52. The van der Waals surface area contributed by atoms with Crippen molar-refractivity contribution >= 4 is 11.4 Å². The minimum atomic E-state index is 0.820. The van der Waals surface area contributed by atoms with Gasteiger partial charge in [-0.05, 0) is 75.6 Å². The van der Waals surface area contributed by atoms with E-state index >= 15 is 0 Å². The lowest BCUT2D eigenvalue weighted by atomic mass is 9.90. The molecule has 0 saturated carbocycles. The van der Waals surface area contributed by atoms with Crippen molar-refractivity contribution < 1.29 is 4.70 Å². The smallest absolute Gasteiger partial charge is 0.211 e. The van der Waals surface area contributed by atoms with Crippen LogP contribution in [0.15, 0.2) is 59.7 Å². The Bertz CT molecular complexity index is 1150. The molecule has 0 radical (unpaired) electrons. The van der Waals surface area contributed by atoms with Gasteiger partial charge in [-0.15, -0.1) is 23.7 Å². The molecular formula is C34H40N2. The average Bonchev–Trinajstić information content (AvgIpc) is 3.17. The Morgan fingerprint density at radius 1 is 0.639 bits per heavy atom. The van der Waals surface area contributed by atoms with E-state index in [1.807, 2.05) is 13.8 Å². The number of unbranched alkanes of at least 4 members (excludes halogenated alkanes) is 2. The molecule has 1 aliphatic rings. The fourth-order valence-electron chi connectivity index (χ4n) is 5.04. The summed E-state index contributed by atoms with van der Waals surface area (Å²) in [5, 5.41) is 0. The molecule has 2 aromatic carbocycles. The van der Waals surface area contributed by atoms with Crippen LogP contribution in [0.5, 0.6) is 0 Å². The Hall–Kier alpha value is -3.36. The van der Waals surface area contributed by atoms with Crippen molar-refractivity contribution in [2.45, 2.75) is 91.9 Å². The van der Waals surface area contributed by atoms with E-state index in [0.29, 0.717) is 0 Å². The largest absolute Gasteiger partial charge is 0.493 e. The fourth-order valence-corrected chi connectivity index (χ4v) is 5.04. The molecule has 3 rings (SSSR count). The first kappa shape index (κ1) is 27.2. The van der Waals surface area contributed by atoms with Crippen LogP contribution >= 0.6 is 0 Å². The van der Waals surface area contributed by atoms with Crippen LogP contribution in [0.1, 0.15) is 101 Å². The Kier molecular flexibility index (Phi) is 10.8. The molecule has 0 atom stereocenters. The highest BCUT2D eigenvalue weighted by Crippen LogP contribution is 2.45. The molecule has 2 heteroatoms. The summed E-state index contributed by atoms with van der Waals surface area (Å²) in [5.41, 5.74) is 21.2. The fraction of sp³-hybridized carbons (Fsp3) is 0.412. The molecule has 186 valence electrons. The molecule has 0 aliphatic carbocycles. The van der Waals surface area contributed by atoms with Crippen LogP contribution in [-0.4, -0.2) is 4.70 Å². The lowest BCUT2D eigenvalue weighted by Gasteiger charge is -2.14. The van der Waals surface area contributed by atoms with Gasteiger partial charge in [0.25, 0.3) is 0 Å². The minimum absolute atomic E-state index is 0.820. The van der Waals surface area contributed by atoms with Crippen LogP contribution in [-0.2, 0) is 12.8 Å². The summed E-state index contributed by atoms with van der Waals surface area (Å²) in [6.07, 6.45) is 9.79. The second kappa shape index (κ2) is 14.3. The van der Waals surface area contributed by atoms with E-state index in [2.05, 4.69) is 86.1 Å². The lowest BCUT2D eigenvalue weighted by Crippen LogP contribution is -2.06. The molecule has 0 N–H and O–H groups in total. The maximum Gasteiger partial charge on any atom is 0.211 e. The first-order valence-electron chi connectivity index (χ1n) is 13.6. The van der Waals surface area contributed by atoms with Gasteiger partial charge in [0, 0.05) is 35.1 Å². The second-order valence-corrected chi connectivity index (χ2v) is 9.34. The van der Waals surface area contributed by atoms with Gasteiger partial charge in [0.1, 0.15) is 0 Å². The van der Waals surface area contributed by atoms with Crippen molar-refractivity contribution in [3.8, 4) is 23.7 Å². The first-order chi connectivity index (χ1) is 17.7. The van der Waals surface area contributed by atoms with Crippen molar-refractivity contribution in [3.05, 3.63) is 87.5 Å². The van der Waals surface area contributed by atoms with Crippen molar-refractivity contribution in [1.82, 2.24) is 0 Å². The third-order valence-electron chi connectivity index (χ3n) is 6.86. The van der Waals surface area contributed by atoms with E-state index in [4.69, 9.17) is 0 Å². The zero-order chi connectivity index (χ0) is 25.8. The molecule has 0 bridgehead atoms. The molecule has 0 saturated heterocycles. The Morgan fingerprint density at radius 3 is 1.44 bits per heavy atom. The maximum atomic E-state index is 11.9. The monoisotopic (exact) mass is 476 g/mol. The molecule has 0 unspecified atom stereocenters. The second-order valence-electron chi connectivity index (χ2n) is 9.34. The summed E-state index contributed by atoms with van der Waals surface area (Å²) in [6.45, 7) is 8.26. The van der Waals surface area contributed by atoms with Crippen LogP contribution in [0.4, 0.5) is 0 Å². The standard InChI is InChI=1S/C34H40N2/c1-5-9-13-19-27-21-15-17-25-29(27)33-31(23-11-7-3)32(24-12-8-4)34(36(33)35)30-26-18-16-22-28(30)20-14-10-6-2/h15-18,21-22,25-26H,7-8,11-14,19-20,23-24H2,1-4H3. The van der Waals surface area contributed by atoms with Crippen LogP contribution in [0.25, 0.3) is 16.9 Å². The number of allylic oxidation sites excluding steroid dienone is 2. The quantitative estimate of drug-likeness (QED) is 0.215. The summed E-state index contributed by atoms with van der Waals surface area (Å²) >= 11 is 0. The zero-order valence-corrected chi connectivity index (χ0v) is 22.6. The molecule has 2 nitrogen and oxygen atoms in total. The van der Waals surface area contributed by atoms with Gasteiger partial charge in [0.05, 0.1) is 0 Å². The van der Waals surface area contributed by atoms with E-state index in [1.54, 1.807) is 0 Å². The summed E-state index contributed by atoms with van der Waals surface area (Å²) in [5.74, 6) is 12.5. The van der Waals surface area contributed by atoms with Crippen molar-refractivity contribution in [1.29, 1.82) is 0 Å². The number of rotatable bonds is 12. The van der Waals surface area contributed by atoms with E-state index in [1.165, 1.54) is 27.0 Å². The van der Waals surface area contributed by atoms with Gasteiger partial charge in [-0.3, -0.25) is 0 Å². The molecule has 0 spiro atoms. The predicted molar refractivity (Wildman–Crippen MR) is 153 cm³/mol.